The largest absolute Gasteiger partial charge is 0.341 e. The molecule has 0 radical (unpaired) electrons. The van der Waals surface area contributed by atoms with Crippen LogP contribution in [0.15, 0.2) is 12.1 Å². The van der Waals surface area contributed by atoms with Crippen molar-refractivity contribution in [3.63, 3.8) is 0 Å². The molecule has 0 heterocycles. The zero-order chi connectivity index (χ0) is 15.3. The van der Waals surface area contributed by atoms with Crippen molar-refractivity contribution in [3.05, 3.63) is 33.6 Å². The Hall–Kier alpha value is -1.37. The molecule has 110 valence electrons. The lowest BCUT2D eigenvalue weighted by atomic mass is 10.1. The molecule has 3 amide bonds. The summed E-state index contributed by atoms with van der Waals surface area (Å²) in [7, 11) is 1.39. The lowest BCUT2D eigenvalue weighted by Crippen LogP contribution is -2.42. The number of hydrogen-bond donors (Lipinski definition) is 3. The molecule has 1 aromatic carbocycles. The number of nitrogens with one attached hydrogen (secondary N) is 3. The standard InChI is InChI=1S/C12H14Cl2FN3O2/c1-6(17-5-9(19)18-12(20)16-2)10-7(13)3-4-8(15)11(10)14/h3-4,6,17H,5H2,1-2H3,(H2,16,18,19,20)/t6-/m1/s1. The molecule has 3 N–H and O–H groups in total. The van der Waals surface area contributed by atoms with E-state index < -0.39 is 23.8 Å². The Bertz CT molecular complexity index is 526. The van der Waals surface area contributed by atoms with E-state index in [1.165, 1.54) is 19.2 Å². The van der Waals surface area contributed by atoms with Crippen LogP contribution >= 0.6 is 23.2 Å². The zero-order valence-corrected chi connectivity index (χ0v) is 12.4. The Kier molecular flexibility index (Phi) is 6.19. The number of amides is 3. The van der Waals surface area contributed by atoms with Gasteiger partial charge in [-0.1, -0.05) is 23.2 Å². The van der Waals surface area contributed by atoms with Gasteiger partial charge >= 0.3 is 6.03 Å². The second-order valence-corrected chi connectivity index (χ2v) is 4.77. The van der Waals surface area contributed by atoms with E-state index in [1.54, 1.807) is 6.92 Å². The molecule has 0 aliphatic rings. The second-order valence-electron chi connectivity index (χ2n) is 3.99. The van der Waals surface area contributed by atoms with Gasteiger partial charge in [0, 0.05) is 23.7 Å². The van der Waals surface area contributed by atoms with Gasteiger partial charge in [0.25, 0.3) is 0 Å². The topological polar surface area (TPSA) is 70.2 Å². The van der Waals surface area contributed by atoms with Gasteiger partial charge in [0.05, 0.1) is 11.6 Å². The van der Waals surface area contributed by atoms with Crippen LogP contribution in [0.1, 0.15) is 18.5 Å². The van der Waals surface area contributed by atoms with Crippen molar-refractivity contribution in [2.45, 2.75) is 13.0 Å². The summed E-state index contributed by atoms with van der Waals surface area (Å²) in [6.07, 6.45) is 0. The van der Waals surface area contributed by atoms with Crippen LogP contribution in [0.5, 0.6) is 0 Å². The number of rotatable bonds is 4. The summed E-state index contributed by atoms with van der Waals surface area (Å²) < 4.78 is 13.4. The number of benzene rings is 1. The first-order valence-corrected chi connectivity index (χ1v) is 6.50. The van der Waals surface area contributed by atoms with Gasteiger partial charge in [-0.3, -0.25) is 10.1 Å². The summed E-state index contributed by atoms with van der Waals surface area (Å²) in [5.74, 6) is -1.12. The first kappa shape index (κ1) is 16.7. The smallest absolute Gasteiger partial charge is 0.321 e. The number of carbonyl (C=O) groups excluding carboxylic acids is 2. The summed E-state index contributed by atoms with van der Waals surface area (Å²) >= 11 is 11.8. The first-order chi connectivity index (χ1) is 9.36. The molecule has 5 nitrogen and oxygen atoms in total. The summed E-state index contributed by atoms with van der Waals surface area (Å²) in [6, 6.07) is 1.49. The van der Waals surface area contributed by atoms with Crippen molar-refractivity contribution in [2.75, 3.05) is 13.6 Å². The average Bonchev–Trinajstić information content (AvgIpc) is 2.41. The van der Waals surface area contributed by atoms with Crippen LogP contribution in [0.3, 0.4) is 0 Å². The molecule has 1 atom stereocenters. The fourth-order valence-electron chi connectivity index (χ4n) is 1.52. The Morgan fingerprint density at radius 1 is 1.35 bits per heavy atom. The lowest BCUT2D eigenvalue weighted by molar-refractivity contribution is -0.119. The van der Waals surface area contributed by atoms with Gasteiger partial charge < -0.3 is 10.6 Å². The molecule has 0 unspecified atom stereocenters. The van der Waals surface area contributed by atoms with Gasteiger partial charge in [-0.05, 0) is 19.1 Å². The summed E-state index contributed by atoms with van der Waals surface area (Å²) in [4.78, 5) is 22.3. The minimum atomic E-state index is -0.605. The van der Waals surface area contributed by atoms with E-state index in [0.29, 0.717) is 10.6 Å². The average molecular weight is 322 g/mol. The number of imide groups is 1. The molecule has 8 heteroatoms. The van der Waals surface area contributed by atoms with Gasteiger partial charge in [0.2, 0.25) is 5.91 Å². The van der Waals surface area contributed by atoms with E-state index in [1.807, 2.05) is 0 Å². The molecule has 0 aliphatic carbocycles. The summed E-state index contributed by atoms with van der Waals surface area (Å²) in [5, 5.41) is 7.35. The zero-order valence-electron chi connectivity index (χ0n) is 10.9. The highest BCUT2D eigenvalue weighted by atomic mass is 35.5. The van der Waals surface area contributed by atoms with Crippen molar-refractivity contribution in [1.82, 2.24) is 16.0 Å². The van der Waals surface area contributed by atoms with E-state index in [0.717, 1.165) is 0 Å². The maximum absolute atomic E-state index is 13.4. The molecule has 1 aromatic rings. The van der Waals surface area contributed by atoms with E-state index in [9.17, 15) is 14.0 Å². The van der Waals surface area contributed by atoms with Crippen molar-refractivity contribution in [2.24, 2.45) is 0 Å². The van der Waals surface area contributed by atoms with Crippen LogP contribution in [0, 0.1) is 5.82 Å². The quantitative estimate of drug-likeness (QED) is 0.745. The van der Waals surface area contributed by atoms with E-state index in [-0.39, 0.29) is 11.6 Å². The molecule has 0 spiro atoms. The predicted octanol–water partition coefficient (Wildman–Crippen LogP) is 2.24. The molecule has 0 aromatic heterocycles. The maximum Gasteiger partial charge on any atom is 0.321 e. The summed E-state index contributed by atoms with van der Waals surface area (Å²) in [5.41, 5.74) is 0.362. The molecular formula is C12H14Cl2FN3O2. The van der Waals surface area contributed by atoms with Gasteiger partial charge in [0.15, 0.2) is 0 Å². The highest BCUT2D eigenvalue weighted by Gasteiger charge is 2.17. The Labute approximate surface area is 125 Å². The maximum atomic E-state index is 13.4. The third-order valence-electron chi connectivity index (χ3n) is 2.56. The van der Waals surface area contributed by atoms with E-state index in [4.69, 9.17) is 23.2 Å². The van der Waals surface area contributed by atoms with E-state index in [2.05, 4.69) is 16.0 Å². The fourth-order valence-corrected chi connectivity index (χ4v) is 2.22. The lowest BCUT2D eigenvalue weighted by Gasteiger charge is -2.17. The number of urea groups is 1. The third-order valence-corrected chi connectivity index (χ3v) is 3.27. The highest BCUT2D eigenvalue weighted by Crippen LogP contribution is 2.32. The molecule has 20 heavy (non-hydrogen) atoms. The predicted molar refractivity (Wildman–Crippen MR) is 75.4 cm³/mol. The fraction of sp³-hybridized carbons (Fsp3) is 0.333. The van der Waals surface area contributed by atoms with Crippen LogP contribution in [0.4, 0.5) is 9.18 Å². The minimum Gasteiger partial charge on any atom is -0.341 e. The molecular weight excluding hydrogens is 308 g/mol. The van der Waals surface area contributed by atoms with Gasteiger partial charge in [-0.25, -0.2) is 9.18 Å². The number of carbonyl (C=O) groups is 2. The molecule has 0 bridgehead atoms. The molecule has 0 saturated heterocycles. The van der Waals surface area contributed by atoms with Gasteiger partial charge in [-0.15, -0.1) is 0 Å². The van der Waals surface area contributed by atoms with Crippen LogP contribution in [-0.4, -0.2) is 25.5 Å². The number of hydrogen-bond acceptors (Lipinski definition) is 3. The Balaban J connectivity index is 2.68. The minimum absolute atomic E-state index is 0.0933. The Morgan fingerprint density at radius 2 is 2.00 bits per heavy atom. The summed E-state index contributed by atoms with van der Waals surface area (Å²) in [6.45, 7) is 1.54. The first-order valence-electron chi connectivity index (χ1n) is 5.75. The van der Waals surface area contributed by atoms with Crippen molar-refractivity contribution in [3.8, 4) is 0 Å². The van der Waals surface area contributed by atoms with Crippen molar-refractivity contribution in [1.29, 1.82) is 0 Å². The highest BCUT2D eigenvalue weighted by molar-refractivity contribution is 6.36. The third kappa shape index (κ3) is 4.33. The Morgan fingerprint density at radius 3 is 2.60 bits per heavy atom. The van der Waals surface area contributed by atoms with Crippen LogP contribution < -0.4 is 16.0 Å². The number of halogens is 3. The van der Waals surface area contributed by atoms with Gasteiger partial charge in [-0.2, -0.15) is 0 Å². The van der Waals surface area contributed by atoms with Crippen LogP contribution in [0.25, 0.3) is 0 Å². The second kappa shape index (κ2) is 7.42. The van der Waals surface area contributed by atoms with Gasteiger partial charge in [0.1, 0.15) is 5.82 Å². The van der Waals surface area contributed by atoms with Crippen molar-refractivity contribution < 1.29 is 14.0 Å². The SMILES string of the molecule is CNC(=O)NC(=O)CN[C@H](C)c1c(Cl)ccc(F)c1Cl. The molecule has 0 saturated carbocycles. The van der Waals surface area contributed by atoms with Crippen LogP contribution in [-0.2, 0) is 4.79 Å². The molecule has 1 rings (SSSR count). The van der Waals surface area contributed by atoms with Crippen molar-refractivity contribution >= 4 is 35.1 Å². The van der Waals surface area contributed by atoms with Crippen LogP contribution in [0.2, 0.25) is 10.0 Å². The monoisotopic (exact) mass is 321 g/mol. The van der Waals surface area contributed by atoms with E-state index >= 15 is 0 Å². The molecule has 0 aliphatic heterocycles. The molecule has 0 fully saturated rings. The normalized spacial score (nSPS) is 11.8.